The van der Waals surface area contributed by atoms with E-state index < -0.39 is 6.10 Å². The average Bonchev–Trinajstić information content (AvgIpc) is 2.78. The third-order valence-corrected chi connectivity index (χ3v) is 5.83. The minimum absolute atomic E-state index is 0. The van der Waals surface area contributed by atoms with Crippen molar-refractivity contribution in [3.8, 4) is 11.3 Å². The quantitative estimate of drug-likeness (QED) is 0.644. The molecule has 1 atom stereocenters. The number of piperazine rings is 1. The minimum Gasteiger partial charge on any atom is -0.396 e. The highest BCUT2D eigenvalue weighted by Crippen LogP contribution is 2.31. The largest absolute Gasteiger partial charge is 0.396 e. The second-order valence-corrected chi connectivity index (χ2v) is 7.62. The van der Waals surface area contributed by atoms with Gasteiger partial charge in [0.1, 0.15) is 5.82 Å². The first-order valence-corrected chi connectivity index (χ1v) is 10.5. The number of likely N-dealkylation sites (N-methyl/N-ethyl adjacent to an activating group) is 1. The van der Waals surface area contributed by atoms with Crippen LogP contribution in [0.2, 0.25) is 0 Å². The van der Waals surface area contributed by atoms with Crippen molar-refractivity contribution in [1.82, 2.24) is 9.88 Å². The van der Waals surface area contributed by atoms with Crippen molar-refractivity contribution in [2.75, 3.05) is 44.2 Å². The van der Waals surface area contributed by atoms with Crippen LogP contribution in [-0.4, -0.2) is 59.4 Å². The molecule has 3 aromatic rings. The molecule has 160 valence electrons. The van der Waals surface area contributed by atoms with Crippen molar-refractivity contribution >= 4 is 16.6 Å². The number of pyridine rings is 1. The predicted octanol–water partition coefficient (Wildman–Crippen LogP) is 4.10. The van der Waals surface area contributed by atoms with Gasteiger partial charge in [0.2, 0.25) is 0 Å². The van der Waals surface area contributed by atoms with Gasteiger partial charge in [0.15, 0.2) is 0 Å². The topological polar surface area (TPSA) is 59.8 Å². The molecule has 5 heteroatoms. The summed E-state index contributed by atoms with van der Waals surface area (Å²) in [7, 11) is 0. The van der Waals surface area contributed by atoms with Gasteiger partial charge in [-0.15, -0.1) is 0 Å². The van der Waals surface area contributed by atoms with E-state index in [0.29, 0.717) is 6.42 Å². The zero-order valence-electron chi connectivity index (χ0n) is 17.0. The Morgan fingerprint density at radius 3 is 2.37 bits per heavy atom. The summed E-state index contributed by atoms with van der Waals surface area (Å²) in [4.78, 5) is 9.93. The molecule has 5 nitrogen and oxygen atoms in total. The molecule has 30 heavy (non-hydrogen) atoms. The molecular formula is C25H33N3O2. The molecule has 0 radical (unpaired) electrons. The number of aromatic nitrogens is 1. The molecule has 0 spiro atoms. The molecule has 0 aliphatic carbocycles. The molecule has 1 aliphatic rings. The Morgan fingerprint density at radius 2 is 1.70 bits per heavy atom. The summed E-state index contributed by atoms with van der Waals surface area (Å²) in [5, 5.41) is 21.5. The van der Waals surface area contributed by atoms with Crippen LogP contribution in [0.15, 0.2) is 54.6 Å². The molecule has 2 aromatic carbocycles. The van der Waals surface area contributed by atoms with Gasteiger partial charge in [-0.3, -0.25) is 0 Å². The maximum Gasteiger partial charge on any atom is 0.137 e. The molecule has 0 bridgehead atoms. The third kappa shape index (κ3) is 4.64. The van der Waals surface area contributed by atoms with E-state index in [9.17, 15) is 5.11 Å². The number of hydrogen-bond acceptors (Lipinski definition) is 5. The van der Waals surface area contributed by atoms with Crippen LogP contribution in [0.1, 0.15) is 32.4 Å². The Hall–Kier alpha value is -2.47. The fraction of sp³-hybridized carbons (Fsp3) is 0.400. The second kappa shape index (κ2) is 10.0. The van der Waals surface area contributed by atoms with Gasteiger partial charge >= 0.3 is 0 Å². The highest BCUT2D eigenvalue weighted by atomic mass is 16.3. The van der Waals surface area contributed by atoms with Crippen molar-refractivity contribution < 1.29 is 10.2 Å². The minimum atomic E-state index is -0.635. The van der Waals surface area contributed by atoms with Gasteiger partial charge in [-0.25, -0.2) is 4.98 Å². The Morgan fingerprint density at radius 1 is 1.00 bits per heavy atom. The summed E-state index contributed by atoms with van der Waals surface area (Å²) >= 11 is 0. The standard InChI is InChI=1S/C24H29N3O2.CH4/c1-2-26-12-14-27(15-13-26)24-21-6-4-3-5-20(21)17-22(25-24)18-7-9-19(10-8-18)23(29)11-16-28;/h3-10,17,23,28-29H,2,11-16H2,1H3;1H4. The molecule has 2 N–H and O–H groups in total. The van der Waals surface area contributed by atoms with Gasteiger partial charge in [0.25, 0.3) is 0 Å². The normalized spacial score (nSPS) is 15.8. The number of nitrogens with zero attached hydrogens (tertiary/aromatic N) is 3. The molecule has 1 saturated heterocycles. The first kappa shape index (κ1) is 22.2. The lowest BCUT2D eigenvalue weighted by molar-refractivity contribution is 0.134. The van der Waals surface area contributed by atoms with E-state index in [1.54, 1.807) is 0 Å². The lowest BCUT2D eigenvalue weighted by Crippen LogP contribution is -2.46. The second-order valence-electron chi connectivity index (χ2n) is 7.62. The SMILES string of the molecule is C.CCN1CCN(c2nc(-c3ccc(C(O)CCO)cc3)cc3ccccc23)CC1. The Labute approximate surface area is 179 Å². The summed E-state index contributed by atoms with van der Waals surface area (Å²) < 4.78 is 0. The first-order valence-electron chi connectivity index (χ1n) is 10.5. The van der Waals surface area contributed by atoms with E-state index in [1.165, 1.54) is 10.8 Å². The van der Waals surface area contributed by atoms with Gasteiger partial charge in [-0.05, 0) is 23.6 Å². The van der Waals surface area contributed by atoms with E-state index in [1.807, 2.05) is 24.3 Å². The molecule has 1 aromatic heterocycles. The van der Waals surface area contributed by atoms with Crippen LogP contribution in [0.25, 0.3) is 22.0 Å². The van der Waals surface area contributed by atoms with Gasteiger partial charge in [-0.2, -0.15) is 0 Å². The van der Waals surface area contributed by atoms with E-state index in [4.69, 9.17) is 10.1 Å². The molecule has 1 aliphatic heterocycles. The van der Waals surface area contributed by atoms with E-state index in [-0.39, 0.29) is 14.0 Å². The van der Waals surface area contributed by atoms with Crippen LogP contribution in [0.3, 0.4) is 0 Å². The Balaban J connectivity index is 0.00000256. The predicted molar refractivity (Wildman–Crippen MR) is 125 cm³/mol. The molecule has 1 fully saturated rings. The smallest absolute Gasteiger partial charge is 0.137 e. The molecule has 2 heterocycles. The summed E-state index contributed by atoms with van der Waals surface area (Å²) in [6, 6.07) is 18.4. The molecular weight excluding hydrogens is 374 g/mol. The maximum absolute atomic E-state index is 10.1. The zero-order valence-corrected chi connectivity index (χ0v) is 17.0. The van der Waals surface area contributed by atoms with Crippen molar-refractivity contribution in [1.29, 1.82) is 0 Å². The van der Waals surface area contributed by atoms with E-state index >= 15 is 0 Å². The maximum atomic E-state index is 10.1. The lowest BCUT2D eigenvalue weighted by Gasteiger charge is -2.35. The number of anilines is 1. The monoisotopic (exact) mass is 407 g/mol. The lowest BCUT2D eigenvalue weighted by atomic mass is 10.0. The van der Waals surface area contributed by atoms with Crippen LogP contribution in [0, 0.1) is 0 Å². The number of aliphatic hydroxyl groups excluding tert-OH is 2. The molecule has 4 rings (SSSR count). The number of fused-ring (bicyclic) bond motifs is 1. The molecule has 0 amide bonds. The van der Waals surface area contributed by atoms with E-state index in [0.717, 1.165) is 55.4 Å². The van der Waals surface area contributed by atoms with Crippen LogP contribution in [0.4, 0.5) is 5.82 Å². The van der Waals surface area contributed by atoms with E-state index in [2.05, 4.69) is 47.1 Å². The highest BCUT2D eigenvalue weighted by molar-refractivity contribution is 5.95. The van der Waals surface area contributed by atoms with Gasteiger partial charge in [0.05, 0.1) is 11.8 Å². The van der Waals surface area contributed by atoms with Crippen molar-refractivity contribution in [3.05, 3.63) is 60.2 Å². The van der Waals surface area contributed by atoms with Gasteiger partial charge < -0.3 is 20.0 Å². The fourth-order valence-electron chi connectivity index (χ4n) is 4.01. The van der Waals surface area contributed by atoms with Crippen molar-refractivity contribution in [2.24, 2.45) is 0 Å². The van der Waals surface area contributed by atoms with Crippen molar-refractivity contribution in [3.63, 3.8) is 0 Å². The Kier molecular flexibility index (Phi) is 7.43. The van der Waals surface area contributed by atoms with Crippen LogP contribution in [0.5, 0.6) is 0 Å². The molecule has 0 saturated carbocycles. The van der Waals surface area contributed by atoms with Crippen molar-refractivity contribution in [2.45, 2.75) is 26.9 Å². The fourth-order valence-corrected chi connectivity index (χ4v) is 4.01. The first-order chi connectivity index (χ1) is 14.2. The van der Waals surface area contributed by atoms with Gasteiger partial charge in [0, 0.05) is 50.2 Å². The van der Waals surface area contributed by atoms with Crippen LogP contribution >= 0.6 is 0 Å². The third-order valence-electron chi connectivity index (χ3n) is 5.83. The Bertz CT molecular complexity index is 950. The molecule has 1 unspecified atom stereocenters. The number of benzene rings is 2. The zero-order chi connectivity index (χ0) is 20.2. The van der Waals surface area contributed by atoms with Gasteiger partial charge in [-0.1, -0.05) is 62.9 Å². The average molecular weight is 408 g/mol. The van der Waals surface area contributed by atoms with Crippen LogP contribution < -0.4 is 4.90 Å². The summed E-state index contributed by atoms with van der Waals surface area (Å²) in [6.07, 6.45) is -0.286. The highest BCUT2D eigenvalue weighted by Gasteiger charge is 2.20. The number of rotatable bonds is 6. The summed E-state index contributed by atoms with van der Waals surface area (Å²) in [6.45, 7) is 7.38. The number of aliphatic hydroxyl groups is 2. The summed E-state index contributed by atoms with van der Waals surface area (Å²) in [5.74, 6) is 1.05. The number of hydrogen-bond donors (Lipinski definition) is 2. The van der Waals surface area contributed by atoms with Crippen LogP contribution in [-0.2, 0) is 0 Å². The summed E-state index contributed by atoms with van der Waals surface area (Å²) in [5.41, 5.74) is 2.79.